The summed E-state index contributed by atoms with van der Waals surface area (Å²) < 4.78 is 0. The average molecular weight is 184 g/mol. The number of nitrogens with zero attached hydrogens (tertiary/aromatic N) is 1. The quantitative estimate of drug-likeness (QED) is 0.548. The molecule has 4 nitrogen and oxygen atoms in total. The van der Waals surface area contributed by atoms with E-state index in [4.69, 9.17) is 0 Å². The summed E-state index contributed by atoms with van der Waals surface area (Å²) in [4.78, 5) is 13.7. The Labute approximate surface area is 77.9 Å². The molecule has 74 valence electrons. The zero-order chi connectivity index (χ0) is 9.26. The van der Waals surface area contributed by atoms with Gasteiger partial charge in [0.05, 0.1) is 6.04 Å². The Balaban J connectivity index is 1.96. The van der Waals surface area contributed by atoms with Crippen LogP contribution in [0.5, 0.6) is 0 Å². The Morgan fingerprint density at radius 1 is 1.31 bits per heavy atom. The molecule has 2 atom stereocenters. The topological polar surface area (TPSA) is 52.6 Å². The number of carbonyl (C=O) groups excluding carboxylic acids is 1. The van der Waals surface area contributed by atoms with Crippen molar-refractivity contribution in [3.63, 3.8) is 0 Å². The third-order valence-corrected chi connectivity index (χ3v) is 2.96. The van der Waals surface area contributed by atoms with Crippen molar-refractivity contribution in [2.24, 2.45) is 0 Å². The van der Waals surface area contributed by atoms with E-state index in [1.807, 2.05) is 0 Å². The standard InChI is InChI=1S/C9H16N2O2/c12-8-2-1-7(9(8)13)11-5-3-10-4-6-11/h7-8,10,12H,1-6H2/t7?,8-/m0/s1. The van der Waals surface area contributed by atoms with Crippen LogP contribution in [0.25, 0.3) is 0 Å². The molecule has 2 rings (SSSR count). The molecule has 1 saturated heterocycles. The lowest BCUT2D eigenvalue weighted by molar-refractivity contribution is -0.128. The minimum Gasteiger partial charge on any atom is -0.385 e. The van der Waals surface area contributed by atoms with Gasteiger partial charge >= 0.3 is 0 Å². The number of ketones is 1. The number of hydrogen-bond donors (Lipinski definition) is 2. The maximum atomic E-state index is 11.5. The minimum absolute atomic E-state index is 0.00269. The lowest BCUT2D eigenvalue weighted by Crippen LogP contribution is -2.50. The Kier molecular flexibility index (Phi) is 2.62. The van der Waals surface area contributed by atoms with Gasteiger partial charge in [0.25, 0.3) is 0 Å². The predicted molar refractivity (Wildman–Crippen MR) is 48.5 cm³/mol. The summed E-state index contributed by atoms with van der Waals surface area (Å²) in [6.07, 6.45) is 0.785. The van der Waals surface area contributed by atoms with Gasteiger partial charge in [0, 0.05) is 26.2 Å². The van der Waals surface area contributed by atoms with Crippen LogP contribution in [0.1, 0.15) is 12.8 Å². The Morgan fingerprint density at radius 3 is 2.54 bits per heavy atom. The fourth-order valence-corrected chi connectivity index (χ4v) is 2.18. The van der Waals surface area contributed by atoms with Gasteiger partial charge < -0.3 is 10.4 Å². The van der Waals surface area contributed by atoms with Crippen LogP contribution in [-0.2, 0) is 4.79 Å². The first-order valence-electron chi connectivity index (χ1n) is 4.95. The third kappa shape index (κ3) is 1.75. The Morgan fingerprint density at radius 2 is 2.00 bits per heavy atom. The van der Waals surface area contributed by atoms with E-state index in [0.29, 0.717) is 6.42 Å². The lowest BCUT2D eigenvalue weighted by atomic mass is 10.1. The molecule has 0 aromatic carbocycles. The summed E-state index contributed by atoms with van der Waals surface area (Å²) in [7, 11) is 0. The molecule has 1 aliphatic carbocycles. The number of carbonyl (C=O) groups is 1. The van der Waals surface area contributed by atoms with Crippen LogP contribution in [0.4, 0.5) is 0 Å². The SMILES string of the molecule is O=C1C(N2CCNCC2)CC[C@@H]1O. The van der Waals surface area contributed by atoms with Crippen molar-refractivity contribution >= 4 is 5.78 Å². The van der Waals surface area contributed by atoms with Gasteiger partial charge in [0.1, 0.15) is 6.10 Å². The molecule has 2 aliphatic rings. The molecule has 1 heterocycles. The first kappa shape index (κ1) is 9.12. The Bertz CT molecular complexity index is 202. The van der Waals surface area contributed by atoms with Crippen molar-refractivity contribution in [2.75, 3.05) is 26.2 Å². The van der Waals surface area contributed by atoms with E-state index in [9.17, 15) is 9.90 Å². The van der Waals surface area contributed by atoms with E-state index >= 15 is 0 Å². The fraction of sp³-hybridized carbons (Fsp3) is 0.889. The van der Waals surface area contributed by atoms with Crippen molar-refractivity contribution in [1.29, 1.82) is 0 Å². The van der Waals surface area contributed by atoms with Crippen molar-refractivity contribution in [1.82, 2.24) is 10.2 Å². The van der Waals surface area contributed by atoms with Crippen molar-refractivity contribution in [3.05, 3.63) is 0 Å². The monoisotopic (exact) mass is 184 g/mol. The average Bonchev–Trinajstić information content (AvgIpc) is 2.49. The summed E-state index contributed by atoms with van der Waals surface area (Å²) in [6, 6.07) is -0.00269. The lowest BCUT2D eigenvalue weighted by Gasteiger charge is -2.31. The predicted octanol–water partition coefficient (Wildman–Crippen LogP) is -1.02. The smallest absolute Gasteiger partial charge is 0.178 e. The Hall–Kier alpha value is -0.450. The first-order chi connectivity index (χ1) is 6.29. The fourth-order valence-electron chi connectivity index (χ4n) is 2.18. The second kappa shape index (κ2) is 3.74. The molecule has 0 radical (unpaired) electrons. The molecule has 1 aliphatic heterocycles. The molecule has 1 saturated carbocycles. The maximum absolute atomic E-state index is 11.5. The number of Topliss-reactive ketones (excluding diaryl/α,β-unsaturated/α-hetero) is 1. The summed E-state index contributed by atoms with van der Waals surface area (Å²) in [5.41, 5.74) is 0. The largest absolute Gasteiger partial charge is 0.385 e. The van der Waals surface area contributed by atoms with Crippen LogP contribution >= 0.6 is 0 Å². The number of hydrogen-bond acceptors (Lipinski definition) is 4. The normalized spacial score (nSPS) is 36.8. The number of piperazine rings is 1. The van der Waals surface area contributed by atoms with Gasteiger partial charge in [-0.1, -0.05) is 0 Å². The molecule has 2 N–H and O–H groups in total. The summed E-state index contributed by atoms with van der Waals surface area (Å²) in [5.74, 6) is 0.0295. The van der Waals surface area contributed by atoms with Crippen LogP contribution in [0.2, 0.25) is 0 Å². The molecule has 2 fully saturated rings. The van der Waals surface area contributed by atoms with Crippen LogP contribution < -0.4 is 5.32 Å². The van der Waals surface area contributed by atoms with E-state index < -0.39 is 6.10 Å². The van der Waals surface area contributed by atoms with E-state index in [1.54, 1.807) is 0 Å². The van der Waals surface area contributed by atoms with Gasteiger partial charge in [-0.05, 0) is 12.8 Å². The number of aliphatic hydroxyl groups is 1. The van der Waals surface area contributed by atoms with E-state index in [-0.39, 0.29) is 11.8 Å². The van der Waals surface area contributed by atoms with Crippen molar-refractivity contribution in [2.45, 2.75) is 25.0 Å². The minimum atomic E-state index is -0.695. The second-order valence-electron chi connectivity index (χ2n) is 3.80. The van der Waals surface area contributed by atoms with Crippen LogP contribution in [0.3, 0.4) is 0 Å². The van der Waals surface area contributed by atoms with Crippen LogP contribution in [-0.4, -0.2) is 54.1 Å². The summed E-state index contributed by atoms with van der Waals surface area (Å²) >= 11 is 0. The van der Waals surface area contributed by atoms with Crippen molar-refractivity contribution < 1.29 is 9.90 Å². The molecular formula is C9H16N2O2. The molecule has 13 heavy (non-hydrogen) atoms. The molecule has 0 spiro atoms. The van der Waals surface area contributed by atoms with E-state index in [1.165, 1.54) is 0 Å². The molecule has 1 unspecified atom stereocenters. The summed E-state index contributed by atoms with van der Waals surface area (Å²) in [6.45, 7) is 3.78. The van der Waals surface area contributed by atoms with Gasteiger partial charge in [-0.2, -0.15) is 0 Å². The number of nitrogens with one attached hydrogen (secondary N) is 1. The highest BCUT2D eigenvalue weighted by Gasteiger charge is 2.36. The molecule has 4 heteroatoms. The molecule has 0 bridgehead atoms. The van der Waals surface area contributed by atoms with Crippen molar-refractivity contribution in [3.8, 4) is 0 Å². The van der Waals surface area contributed by atoms with Gasteiger partial charge in [-0.25, -0.2) is 0 Å². The zero-order valence-electron chi connectivity index (χ0n) is 7.70. The molecule has 0 aromatic heterocycles. The molecule has 0 amide bonds. The van der Waals surface area contributed by atoms with Gasteiger partial charge in [-0.3, -0.25) is 9.69 Å². The van der Waals surface area contributed by atoms with E-state index in [0.717, 1.165) is 32.6 Å². The van der Waals surface area contributed by atoms with Gasteiger partial charge in [0.15, 0.2) is 5.78 Å². The zero-order valence-corrected chi connectivity index (χ0v) is 7.70. The van der Waals surface area contributed by atoms with Gasteiger partial charge in [0.2, 0.25) is 0 Å². The molecular weight excluding hydrogens is 168 g/mol. The van der Waals surface area contributed by atoms with Crippen LogP contribution in [0.15, 0.2) is 0 Å². The molecule has 0 aromatic rings. The second-order valence-corrected chi connectivity index (χ2v) is 3.80. The first-order valence-corrected chi connectivity index (χ1v) is 4.95. The summed E-state index contributed by atoms with van der Waals surface area (Å²) in [5, 5.41) is 12.6. The maximum Gasteiger partial charge on any atom is 0.178 e. The number of rotatable bonds is 1. The highest BCUT2D eigenvalue weighted by Crippen LogP contribution is 2.20. The van der Waals surface area contributed by atoms with Gasteiger partial charge in [-0.15, -0.1) is 0 Å². The highest BCUT2D eigenvalue weighted by atomic mass is 16.3. The highest BCUT2D eigenvalue weighted by molar-refractivity contribution is 5.90. The third-order valence-electron chi connectivity index (χ3n) is 2.96. The van der Waals surface area contributed by atoms with E-state index in [2.05, 4.69) is 10.2 Å². The van der Waals surface area contributed by atoms with Crippen LogP contribution in [0, 0.1) is 0 Å². The number of aliphatic hydroxyl groups excluding tert-OH is 1.